The summed E-state index contributed by atoms with van der Waals surface area (Å²) in [5, 5.41) is 13.0. The van der Waals surface area contributed by atoms with Crippen LogP contribution in [-0.2, 0) is 11.0 Å². The molecule has 0 radical (unpaired) electrons. The predicted octanol–water partition coefficient (Wildman–Crippen LogP) is 3.30. The molecule has 9 nitrogen and oxygen atoms in total. The fourth-order valence-corrected chi connectivity index (χ4v) is 4.34. The number of rotatable bonds is 6. The van der Waals surface area contributed by atoms with E-state index >= 15 is 0 Å². The number of alkyl halides is 3. The number of nitrogens with zero attached hydrogens (tertiary/aromatic N) is 5. The molecule has 4 rings (SSSR count). The number of likely N-dealkylation sites (tertiary alicyclic amines) is 1. The Hall–Kier alpha value is -3.72. The van der Waals surface area contributed by atoms with Crippen LogP contribution in [0.15, 0.2) is 24.7 Å². The van der Waals surface area contributed by atoms with Crippen LogP contribution in [0.2, 0.25) is 0 Å². The number of hydrogen-bond acceptors (Lipinski definition) is 7. The average Bonchev–Trinajstić information content (AvgIpc) is 3.27. The lowest BCUT2D eigenvalue weighted by atomic mass is 9.90. The second-order valence-electron chi connectivity index (χ2n) is 8.58. The lowest BCUT2D eigenvalue weighted by Gasteiger charge is -2.35. The van der Waals surface area contributed by atoms with Gasteiger partial charge in [-0.25, -0.2) is 15.0 Å². The van der Waals surface area contributed by atoms with E-state index in [9.17, 15) is 23.2 Å². The van der Waals surface area contributed by atoms with Gasteiger partial charge in [0.2, 0.25) is 11.9 Å². The van der Waals surface area contributed by atoms with E-state index in [-0.39, 0.29) is 46.1 Å². The topological polar surface area (TPSA) is 137 Å². The van der Waals surface area contributed by atoms with E-state index in [1.807, 2.05) is 17.9 Å². The third kappa shape index (κ3) is 5.19. The highest BCUT2D eigenvalue weighted by Gasteiger charge is 2.32. The van der Waals surface area contributed by atoms with Gasteiger partial charge in [-0.2, -0.15) is 18.4 Å². The number of nitrogens with two attached hydrogens (primary N) is 1. The van der Waals surface area contributed by atoms with E-state index in [0.717, 1.165) is 25.1 Å². The summed E-state index contributed by atoms with van der Waals surface area (Å²) in [6, 6.07) is 2.98. The standard InChI is InChI=1S/C23H25F3N8O/c1-13(14-3-6-34(7-4-14)19(35)2-5-27)32-22-31-10-15(9-28)20(33-22)18-12-30-21-17(18)8-16(11-29-21)23(24,25)26/h8,10-14H,2-7,27H2,1H3,(H,29,30)(H,31,32,33)/t13-/m1/s1. The molecule has 1 fully saturated rings. The summed E-state index contributed by atoms with van der Waals surface area (Å²) < 4.78 is 39.7. The molecule has 4 N–H and O–H groups in total. The van der Waals surface area contributed by atoms with Crippen LogP contribution >= 0.6 is 0 Å². The lowest BCUT2D eigenvalue weighted by molar-refractivity contribution is -0.137. The lowest BCUT2D eigenvalue weighted by Crippen LogP contribution is -2.42. The first-order valence-electron chi connectivity index (χ1n) is 11.3. The van der Waals surface area contributed by atoms with Crippen LogP contribution in [0.1, 0.15) is 37.3 Å². The number of fused-ring (bicyclic) bond motifs is 1. The molecule has 184 valence electrons. The van der Waals surface area contributed by atoms with Gasteiger partial charge in [0.15, 0.2) is 0 Å². The van der Waals surface area contributed by atoms with E-state index in [1.165, 1.54) is 12.4 Å². The molecule has 0 saturated carbocycles. The zero-order valence-corrected chi connectivity index (χ0v) is 19.1. The molecule has 35 heavy (non-hydrogen) atoms. The molecule has 1 saturated heterocycles. The number of pyridine rings is 1. The third-order valence-corrected chi connectivity index (χ3v) is 6.34. The second-order valence-corrected chi connectivity index (χ2v) is 8.58. The number of hydrogen-bond donors (Lipinski definition) is 3. The Morgan fingerprint density at radius 2 is 2.09 bits per heavy atom. The van der Waals surface area contributed by atoms with Crippen molar-refractivity contribution in [3.05, 3.63) is 35.8 Å². The van der Waals surface area contributed by atoms with Crippen molar-refractivity contribution < 1.29 is 18.0 Å². The Morgan fingerprint density at radius 3 is 2.74 bits per heavy atom. The van der Waals surface area contributed by atoms with E-state index < -0.39 is 11.7 Å². The first-order valence-corrected chi connectivity index (χ1v) is 11.3. The summed E-state index contributed by atoms with van der Waals surface area (Å²) in [5.41, 5.74) is 5.53. The van der Waals surface area contributed by atoms with Crippen molar-refractivity contribution in [3.8, 4) is 17.3 Å². The molecule has 1 aliphatic heterocycles. The van der Waals surface area contributed by atoms with Gasteiger partial charge in [0.25, 0.3) is 0 Å². The maximum Gasteiger partial charge on any atom is 0.417 e. The normalized spacial score (nSPS) is 15.7. The number of carbonyl (C=O) groups excluding carboxylic acids is 1. The number of anilines is 1. The fourth-order valence-electron chi connectivity index (χ4n) is 4.34. The minimum Gasteiger partial charge on any atom is -0.351 e. The molecule has 1 amide bonds. The van der Waals surface area contributed by atoms with Crippen molar-refractivity contribution >= 4 is 22.9 Å². The third-order valence-electron chi connectivity index (χ3n) is 6.34. The summed E-state index contributed by atoms with van der Waals surface area (Å²) in [6.07, 6.45) is 1.01. The number of nitriles is 1. The first kappa shape index (κ1) is 24.4. The number of carbonyl (C=O) groups is 1. The maximum absolute atomic E-state index is 13.2. The van der Waals surface area contributed by atoms with E-state index in [0.29, 0.717) is 31.6 Å². The molecule has 12 heteroatoms. The number of aromatic amines is 1. The van der Waals surface area contributed by atoms with Crippen molar-refractivity contribution in [3.63, 3.8) is 0 Å². The van der Waals surface area contributed by atoms with Crippen molar-refractivity contribution in [1.29, 1.82) is 5.26 Å². The molecule has 4 heterocycles. The van der Waals surface area contributed by atoms with Crippen molar-refractivity contribution in [2.45, 2.75) is 38.4 Å². The summed E-state index contributed by atoms with van der Waals surface area (Å²) >= 11 is 0. The Morgan fingerprint density at radius 1 is 1.34 bits per heavy atom. The summed E-state index contributed by atoms with van der Waals surface area (Å²) in [6.45, 7) is 3.63. The second kappa shape index (κ2) is 9.87. The molecule has 3 aromatic rings. The van der Waals surface area contributed by atoms with Crippen molar-refractivity contribution in [2.24, 2.45) is 11.7 Å². The average molecular weight is 487 g/mol. The van der Waals surface area contributed by atoms with Crippen LogP contribution in [0.5, 0.6) is 0 Å². The number of aromatic nitrogens is 4. The zero-order chi connectivity index (χ0) is 25.2. The van der Waals surface area contributed by atoms with Gasteiger partial charge < -0.3 is 20.9 Å². The van der Waals surface area contributed by atoms with Gasteiger partial charge in [0.05, 0.1) is 23.0 Å². The molecule has 0 aromatic carbocycles. The highest BCUT2D eigenvalue weighted by atomic mass is 19.4. The van der Waals surface area contributed by atoms with Crippen LogP contribution in [0.25, 0.3) is 22.3 Å². The van der Waals surface area contributed by atoms with Gasteiger partial charge in [0.1, 0.15) is 11.7 Å². The molecular weight excluding hydrogens is 461 g/mol. The van der Waals surface area contributed by atoms with Crippen LogP contribution < -0.4 is 11.1 Å². The molecule has 0 aliphatic carbocycles. The number of halogens is 3. The molecule has 3 aromatic heterocycles. The zero-order valence-electron chi connectivity index (χ0n) is 19.1. The number of H-pyrrole nitrogens is 1. The predicted molar refractivity (Wildman–Crippen MR) is 123 cm³/mol. The summed E-state index contributed by atoms with van der Waals surface area (Å²) in [5.74, 6) is 0.599. The minimum atomic E-state index is -4.55. The van der Waals surface area contributed by atoms with Crippen LogP contribution in [-0.4, -0.2) is 56.4 Å². The SMILES string of the molecule is C[C@@H](Nc1ncc(C#N)c(-c2c[nH]c3ncc(C(F)(F)F)cc23)n1)C1CCN(C(=O)CCN)CC1. The van der Waals surface area contributed by atoms with Crippen LogP contribution in [0, 0.1) is 17.2 Å². The summed E-state index contributed by atoms with van der Waals surface area (Å²) in [7, 11) is 0. The van der Waals surface area contributed by atoms with Gasteiger partial charge in [-0.15, -0.1) is 0 Å². The molecule has 1 atom stereocenters. The van der Waals surface area contributed by atoms with Gasteiger partial charge >= 0.3 is 6.18 Å². The van der Waals surface area contributed by atoms with Crippen molar-refractivity contribution in [1.82, 2.24) is 24.8 Å². The highest BCUT2D eigenvalue weighted by Crippen LogP contribution is 2.35. The van der Waals surface area contributed by atoms with E-state index in [2.05, 4.69) is 25.3 Å². The number of amides is 1. The summed E-state index contributed by atoms with van der Waals surface area (Å²) in [4.78, 5) is 29.3. The molecule has 0 unspecified atom stereocenters. The van der Waals surface area contributed by atoms with Gasteiger partial charge in [0, 0.05) is 55.4 Å². The van der Waals surface area contributed by atoms with E-state index in [1.54, 1.807) is 0 Å². The highest BCUT2D eigenvalue weighted by molar-refractivity contribution is 5.94. The Labute approximate surface area is 199 Å². The van der Waals surface area contributed by atoms with Crippen LogP contribution in [0.4, 0.5) is 19.1 Å². The maximum atomic E-state index is 13.2. The largest absolute Gasteiger partial charge is 0.417 e. The molecular formula is C23H25F3N8O. The van der Waals surface area contributed by atoms with Crippen molar-refractivity contribution in [2.75, 3.05) is 25.0 Å². The molecule has 0 bridgehead atoms. The smallest absolute Gasteiger partial charge is 0.351 e. The number of piperidine rings is 1. The monoisotopic (exact) mass is 486 g/mol. The first-order chi connectivity index (χ1) is 16.7. The van der Waals surface area contributed by atoms with Crippen LogP contribution in [0.3, 0.4) is 0 Å². The Bertz CT molecular complexity index is 1260. The van der Waals surface area contributed by atoms with Gasteiger partial charge in [-0.1, -0.05) is 0 Å². The minimum absolute atomic E-state index is 0.0241. The quantitative estimate of drug-likeness (QED) is 0.486. The molecule has 0 spiro atoms. The van der Waals surface area contributed by atoms with Gasteiger partial charge in [-0.05, 0) is 31.7 Å². The Balaban J connectivity index is 1.55. The van der Waals surface area contributed by atoms with E-state index in [4.69, 9.17) is 5.73 Å². The number of nitrogens with one attached hydrogen (secondary N) is 2. The Kier molecular flexibility index (Phi) is 6.88. The molecule has 1 aliphatic rings. The van der Waals surface area contributed by atoms with Gasteiger partial charge in [-0.3, -0.25) is 4.79 Å². The fraction of sp³-hybridized carbons (Fsp3) is 0.435.